The molecule has 1 aliphatic heterocycles. The van der Waals surface area contributed by atoms with Crippen LogP contribution in [0.3, 0.4) is 0 Å². The molecule has 0 unspecified atom stereocenters. The van der Waals surface area contributed by atoms with Crippen LogP contribution in [0.5, 0.6) is 0 Å². The van der Waals surface area contributed by atoms with E-state index in [1.807, 2.05) is 29.2 Å². The fourth-order valence-corrected chi connectivity index (χ4v) is 2.39. The summed E-state index contributed by atoms with van der Waals surface area (Å²) >= 11 is 0. The molecule has 2 rings (SSSR count). The van der Waals surface area contributed by atoms with E-state index in [4.69, 9.17) is 5.73 Å². The van der Waals surface area contributed by atoms with Gasteiger partial charge >= 0.3 is 0 Å². The van der Waals surface area contributed by atoms with E-state index < -0.39 is 0 Å². The molecule has 1 fully saturated rings. The van der Waals surface area contributed by atoms with E-state index >= 15 is 0 Å². The summed E-state index contributed by atoms with van der Waals surface area (Å²) in [6, 6.07) is 8.00. The highest BCUT2D eigenvalue weighted by Crippen LogP contribution is 2.08. The number of nitrogens with zero attached hydrogens (tertiary/aromatic N) is 2. The van der Waals surface area contributed by atoms with Gasteiger partial charge in [-0.3, -0.25) is 4.79 Å². The molecule has 0 radical (unpaired) electrons. The third kappa shape index (κ3) is 3.78. The summed E-state index contributed by atoms with van der Waals surface area (Å²) < 4.78 is 0. The number of likely N-dealkylation sites (N-methyl/N-ethyl adjacent to an activating group) is 1. The molecule has 1 heterocycles. The fourth-order valence-electron chi connectivity index (χ4n) is 2.39. The van der Waals surface area contributed by atoms with Gasteiger partial charge in [-0.05, 0) is 17.7 Å². The minimum absolute atomic E-state index is 0.233. The fraction of sp³-hybridized carbons (Fsp3) is 0.533. The van der Waals surface area contributed by atoms with Gasteiger partial charge in [-0.1, -0.05) is 31.2 Å². The molecule has 0 spiro atoms. The van der Waals surface area contributed by atoms with Gasteiger partial charge in [-0.15, -0.1) is 0 Å². The maximum absolute atomic E-state index is 12.2. The Bertz CT molecular complexity index is 408. The number of piperazine rings is 1. The zero-order valence-corrected chi connectivity index (χ0v) is 11.6. The van der Waals surface area contributed by atoms with Crippen molar-refractivity contribution in [3.05, 3.63) is 35.4 Å². The van der Waals surface area contributed by atoms with Gasteiger partial charge < -0.3 is 15.5 Å². The van der Waals surface area contributed by atoms with Gasteiger partial charge in [-0.2, -0.15) is 0 Å². The molecule has 1 saturated heterocycles. The van der Waals surface area contributed by atoms with Gasteiger partial charge in [0.05, 0.1) is 6.42 Å². The lowest BCUT2D eigenvalue weighted by atomic mass is 10.1. The summed E-state index contributed by atoms with van der Waals surface area (Å²) in [6.45, 7) is 7.48. The van der Waals surface area contributed by atoms with Gasteiger partial charge in [0.15, 0.2) is 0 Å². The normalized spacial score (nSPS) is 16.6. The maximum Gasteiger partial charge on any atom is 0.227 e. The van der Waals surface area contributed by atoms with Crippen LogP contribution >= 0.6 is 0 Å². The third-order valence-corrected chi connectivity index (χ3v) is 3.79. The SMILES string of the molecule is CCN1CCN(C(=O)Cc2ccc(CN)cc2)CC1. The number of benzene rings is 1. The minimum Gasteiger partial charge on any atom is -0.340 e. The number of rotatable bonds is 4. The van der Waals surface area contributed by atoms with Crippen molar-refractivity contribution in [3.63, 3.8) is 0 Å². The highest BCUT2D eigenvalue weighted by atomic mass is 16.2. The number of amides is 1. The van der Waals surface area contributed by atoms with Crippen molar-refractivity contribution in [1.82, 2.24) is 9.80 Å². The van der Waals surface area contributed by atoms with Crippen LogP contribution in [0.15, 0.2) is 24.3 Å². The molecule has 4 heteroatoms. The zero-order valence-electron chi connectivity index (χ0n) is 11.6. The first kappa shape index (κ1) is 14.0. The highest BCUT2D eigenvalue weighted by molar-refractivity contribution is 5.78. The Balaban J connectivity index is 1.86. The summed E-state index contributed by atoms with van der Waals surface area (Å²) in [5.74, 6) is 0.233. The Labute approximate surface area is 115 Å². The summed E-state index contributed by atoms with van der Waals surface area (Å²) in [5, 5.41) is 0. The predicted octanol–water partition coefficient (Wildman–Crippen LogP) is 0.852. The molecule has 1 aliphatic rings. The summed E-state index contributed by atoms with van der Waals surface area (Å²) in [5.41, 5.74) is 7.74. The predicted molar refractivity (Wildman–Crippen MR) is 76.7 cm³/mol. The van der Waals surface area contributed by atoms with Crippen molar-refractivity contribution in [3.8, 4) is 0 Å². The Morgan fingerprint density at radius 3 is 2.21 bits per heavy atom. The molecule has 1 aromatic rings. The maximum atomic E-state index is 12.2. The van der Waals surface area contributed by atoms with E-state index in [1.165, 1.54) is 0 Å². The second kappa shape index (κ2) is 6.68. The highest BCUT2D eigenvalue weighted by Gasteiger charge is 2.19. The van der Waals surface area contributed by atoms with E-state index in [1.54, 1.807) is 0 Å². The van der Waals surface area contributed by atoms with E-state index in [0.29, 0.717) is 13.0 Å². The molecule has 1 aromatic carbocycles. The zero-order chi connectivity index (χ0) is 13.7. The van der Waals surface area contributed by atoms with Crippen LogP contribution in [0.25, 0.3) is 0 Å². The second-order valence-corrected chi connectivity index (χ2v) is 5.01. The van der Waals surface area contributed by atoms with E-state index in [2.05, 4.69) is 11.8 Å². The lowest BCUT2D eigenvalue weighted by Gasteiger charge is -2.34. The molecular weight excluding hydrogens is 238 g/mol. The molecular formula is C15H23N3O. The summed E-state index contributed by atoms with van der Waals surface area (Å²) in [7, 11) is 0. The quantitative estimate of drug-likeness (QED) is 0.874. The Kier molecular flexibility index (Phi) is 4.93. The molecule has 19 heavy (non-hydrogen) atoms. The second-order valence-electron chi connectivity index (χ2n) is 5.01. The number of hydrogen-bond donors (Lipinski definition) is 1. The van der Waals surface area contributed by atoms with Crippen LogP contribution < -0.4 is 5.73 Å². The molecule has 0 atom stereocenters. The van der Waals surface area contributed by atoms with Crippen LogP contribution in [-0.2, 0) is 17.8 Å². The first-order chi connectivity index (χ1) is 9.22. The van der Waals surface area contributed by atoms with Crippen LogP contribution in [0.1, 0.15) is 18.1 Å². The largest absolute Gasteiger partial charge is 0.340 e. The molecule has 1 amide bonds. The van der Waals surface area contributed by atoms with Crippen LogP contribution in [0.4, 0.5) is 0 Å². The first-order valence-corrected chi connectivity index (χ1v) is 7.01. The van der Waals surface area contributed by atoms with Gasteiger partial charge in [0.2, 0.25) is 5.91 Å². The van der Waals surface area contributed by atoms with Crippen LogP contribution in [0.2, 0.25) is 0 Å². The monoisotopic (exact) mass is 261 g/mol. The van der Waals surface area contributed by atoms with Crippen molar-refractivity contribution in [2.24, 2.45) is 5.73 Å². The summed E-state index contributed by atoms with van der Waals surface area (Å²) in [6.07, 6.45) is 0.497. The average molecular weight is 261 g/mol. The first-order valence-electron chi connectivity index (χ1n) is 7.01. The molecule has 0 aromatic heterocycles. The molecule has 0 bridgehead atoms. The Hall–Kier alpha value is -1.39. The van der Waals surface area contributed by atoms with Gasteiger partial charge in [0.1, 0.15) is 0 Å². The van der Waals surface area contributed by atoms with Crippen molar-refractivity contribution < 1.29 is 4.79 Å². The topological polar surface area (TPSA) is 49.6 Å². The molecule has 104 valence electrons. The Morgan fingerprint density at radius 2 is 1.68 bits per heavy atom. The van der Waals surface area contributed by atoms with Crippen molar-refractivity contribution in [2.75, 3.05) is 32.7 Å². The number of carbonyl (C=O) groups is 1. The standard InChI is InChI=1S/C15H23N3O/c1-2-17-7-9-18(10-8-17)15(19)11-13-3-5-14(12-16)6-4-13/h3-6H,2,7-12,16H2,1H3. The Morgan fingerprint density at radius 1 is 1.11 bits per heavy atom. The average Bonchev–Trinajstić information content (AvgIpc) is 2.48. The number of nitrogens with two attached hydrogens (primary N) is 1. The molecule has 2 N–H and O–H groups in total. The minimum atomic E-state index is 0.233. The lowest BCUT2D eigenvalue weighted by Crippen LogP contribution is -2.48. The van der Waals surface area contributed by atoms with Crippen LogP contribution in [0, 0.1) is 0 Å². The third-order valence-electron chi connectivity index (χ3n) is 3.79. The van der Waals surface area contributed by atoms with E-state index in [-0.39, 0.29) is 5.91 Å². The van der Waals surface area contributed by atoms with E-state index in [9.17, 15) is 4.79 Å². The lowest BCUT2D eigenvalue weighted by molar-refractivity contribution is -0.132. The van der Waals surface area contributed by atoms with E-state index in [0.717, 1.165) is 43.9 Å². The van der Waals surface area contributed by atoms with Crippen molar-refractivity contribution in [1.29, 1.82) is 0 Å². The summed E-state index contributed by atoms with van der Waals surface area (Å²) in [4.78, 5) is 16.5. The number of hydrogen-bond acceptors (Lipinski definition) is 3. The van der Waals surface area contributed by atoms with Crippen molar-refractivity contribution in [2.45, 2.75) is 19.9 Å². The molecule has 0 saturated carbocycles. The van der Waals surface area contributed by atoms with Crippen LogP contribution in [-0.4, -0.2) is 48.4 Å². The number of carbonyl (C=O) groups excluding carboxylic acids is 1. The van der Waals surface area contributed by atoms with Crippen molar-refractivity contribution >= 4 is 5.91 Å². The smallest absolute Gasteiger partial charge is 0.227 e. The van der Waals surface area contributed by atoms with Gasteiger partial charge in [-0.25, -0.2) is 0 Å². The van der Waals surface area contributed by atoms with Gasteiger partial charge in [0, 0.05) is 32.7 Å². The van der Waals surface area contributed by atoms with Gasteiger partial charge in [0.25, 0.3) is 0 Å². The molecule has 4 nitrogen and oxygen atoms in total. The molecule has 0 aliphatic carbocycles.